The Hall–Kier alpha value is -2.85. The Labute approximate surface area is 169 Å². The number of ether oxygens (including phenoxy) is 1. The summed E-state index contributed by atoms with van der Waals surface area (Å²) in [5, 5.41) is 2.60. The molecule has 1 saturated heterocycles. The molecule has 1 aromatic carbocycles. The first-order valence-corrected chi connectivity index (χ1v) is 10.6. The number of aryl methyl sites for hydroxylation is 1. The van der Waals surface area contributed by atoms with E-state index in [0.717, 1.165) is 12.8 Å². The van der Waals surface area contributed by atoms with Crippen LogP contribution in [0.5, 0.6) is 0 Å². The van der Waals surface area contributed by atoms with Gasteiger partial charge in [0.1, 0.15) is 0 Å². The van der Waals surface area contributed by atoms with E-state index in [2.05, 4.69) is 15.3 Å². The van der Waals surface area contributed by atoms with Gasteiger partial charge >= 0.3 is 5.97 Å². The maximum atomic E-state index is 12.5. The minimum atomic E-state index is -3.51. The molecule has 154 valence electrons. The van der Waals surface area contributed by atoms with Gasteiger partial charge in [-0.2, -0.15) is 4.31 Å². The highest BCUT2D eigenvalue weighted by Crippen LogP contribution is 2.22. The molecule has 0 radical (unpaired) electrons. The van der Waals surface area contributed by atoms with Crippen molar-refractivity contribution in [3.05, 3.63) is 48.0 Å². The molecular weight excluding hydrogens is 396 g/mol. The number of hydrogen-bond acceptors (Lipinski definition) is 7. The number of nitrogens with zero attached hydrogens (tertiary/aromatic N) is 3. The molecule has 1 amide bonds. The van der Waals surface area contributed by atoms with Crippen LogP contribution in [0.4, 0.5) is 5.69 Å². The fourth-order valence-electron chi connectivity index (χ4n) is 2.80. The van der Waals surface area contributed by atoms with Gasteiger partial charge < -0.3 is 10.1 Å². The van der Waals surface area contributed by atoms with Gasteiger partial charge in [-0.1, -0.05) is 0 Å². The summed E-state index contributed by atoms with van der Waals surface area (Å²) in [5.41, 5.74) is 1.06. The second kappa shape index (κ2) is 8.66. The Kier molecular flexibility index (Phi) is 6.23. The number of anilines is 1. The third-order valence-corrected chi connectivity index (χ3v) is 6.38. The van der Waals surface area contributed by atoms with Crippen molar-refractivity contribution < 1.29 is 22.7 Å². The van der Waals surface area contributed by atoms with E-state index in [0.29, 0.717) is 24.5 Å². The zero-order chi connectivity index (χ0) is 21.0. The molecule has 1 N–H and O–H groups in total. The molecule has 3 rings (SSSR count). The largest absolute Gasteiger partial charge is 0.448 e. The number of aromatic nitrogens is 2. The standard InChI is InChI=1S/C19H22N4O5S/c1-13-11-21-17(12-20-13)19(25)28-14(2)18(24)22-15-5-7-16(8-6-15)29(26,27)23-9-3-4-10-23/h5-8,11-12,14H,3-4,9-10H2,1-2H3,(H,22,24)/t14-/m1/s1. The van der Waals surface area contributed by atoms with E-state index in [1.807, 2.05) is 0 Å². The van der Waals surface area contributed by atoms with Gasteiger partial charge in [0.2, 0.25) is 10.0 Å². The maximum Gasteiger partial charge on any atom is 0.359 e. The number of rotatable bonds is 6. The monoisotopic (exact) mass is 418 g/mol. The summed E-state index contributed by atoms with van der Waals surface area (Å²) in [6, 6.07) is 5.89. The molecule has 1 aromatic heterocycles. The van der Waals surface area contributed by atoms with Crippen LogP contribution in [-0.4, -0.2) is 53.8 Å². The minimum absolute atomic E-state index is 0.00622. The van der Waals surface area contributed by atoms with E-state index < -0.39 is 28.0 Å². The van der Waals surface area contributed by atoms with Gasteiger partial charge in [0.05, 0.1) is 16.8 Å². The van der Waals surface area contributed by atoms with Crippen LogP contribution in [0.2, 0.25) is 0 Å². The molecular formula is C19H22N4O5S. The molecule has 9 nitrogen and oxygen atoms in total. The maximum absolute atomic E-state index is 12.5. The van der Waals surface area contributed by atoms with Gasteiger partial charge in [-0.25, -0.2) is 18.2 Å². The Morgan fingerprint density at radius 3 is 2.34 bits per heavy atom. The lowest BCUT2D eigenvalue weighted by atomic mass is 10.3. The number of carbonyl (C=O) groups is 2. The number of esters is 1. The van der Waals surface area contributed by atoms with Crippen LogP contribution < -0.4 is 5.32 Å². The van der Waals surface area contributed by atoms with Gasteiger partial charge in [0, 0.05) is 25.0 Å². The molecule has 2 aromatic rings. The first-order valence-electron chi connectivity index (χ1n) is 9.18. The lowest BCUT2D eigenvalue weighted by Gasteiger charge is -2.16. The van der Waals surface area contributed by atoms with Crippen molar-refractivity contribution in [1.82, 2.24) is 14.3 Å². The normalized spacial score (nSPS) is 15.7. The van der Waals surface area contributed by atoms with Crippen molar-refractivity contribution in [1.29, 1.82) is 0 Å². The number of nitrogens with one attached hydrogen (secondary N) is 1. The highest BCUT2D eigenvalue weighted by molar-refractivity contribution is 7.89. The Morgan fingerprint density at radius 2 is 1.76 bits per heavy atom. The molecule has 0 aliphatic carbocycles. The number of amides is 1. The molecule has 0 unspecified atom stereocenters. The van der Waals surface area contributed by atoms with E-state index in [1.165, 1.54) is 47.9 Å². The number of carbonyl (C=O) groups excluding carboxylic acids is 2. The number of hydrogen-bond donors (Lipinski definition) is 1. The first-order chi connectivity index (χ1) is 13.8. The quantitative estimate of drug-likeness (QED) is 0.710. The van der Waals surface area contributed by atoms with Crippen molar-refractivity contribution in [2.24, 2.45) is 0 Å². The molecule has 1 aliphatic rings. The molecule has 29 heavy (non-hydrogen) atoms. The highest BCUT2D eigenvalue weighted by atomic mass is 32.2. The summed E-state index contributed by atoms with van der Waals surface area (Å²) in [5.74, 6) is -1.30. The summed E-state index contributed by atoms with van der Waals surface area (Å²) >= 11 is 0. The molecule has 1 aliphatic heterocycles. The van der Waals surface area contributed by atoms with Gasteiger partial charge in [0.15, 0.2) is 11.8 Å². The van der Waals surface area contributed by atoms with E-state index in [4.69, 9.17) is 4.74 Å². The van der Waals surface area contributed by atoms with Gasteiger partial charge in [-0.05, 0) is 51.0 Å². The van der Waals surface area contributed by atoms with E-state index in [-0.39, 0.29) is 10.6 Å². The Bertz CT molecular complexity index is 984. The van der Waals surface area contributed by atoms with Crippen LogP contribution in [0, 0.1) is 6.92 Å². The topological polar surface area (TPSA) is 119 Å². The van der Waals surface area contributed by atoms with Crippen LogP contribution in [0.3, 0.4) is 0 Å². The van der Waals surface area contributed by atoms with Crippen molar-refractivity contribution in [2.75, 3.05) is 18.4 Å². The third kappa shape index (κ3) is 4.96. The molecule has 0 saturated carbocycles. The molecule has 2 heterocycles. The van der Waals surface area contributed by atoms with Gasteiger partial charge in [0.25, 0.3) is 5.91 Å². The second-order valence-corrected chi connectivity index (χ2v) is 8.65. The predicted molar refractivity (Wildman–Crippen MR) is 105 cm³/mol. The fraction of sp³-hybridized carbons (Fsp3) is 0.368. The second-order valence-electron chi connectivity index (χ2n) is 6.72. The average molecular weight is 418 g/mol. The average Bonchev–Trinajstić information content (AvgIpc) is 3.24. The highest BCUT2D eigenvalue weighted by Gasteiger charge is 2.27. The lowest BCUT2D eigenvalue weighted by molar-refractivity contribution is -0.123. The molecule has 1 fully saturated rings. The third-order valence-electron chi connectivity index (χ3n) is 4.47. The van der Waals surface area contributed by atoms with Crippen molar-refractivity contribution in [3.63, 3.8) is 0 Å². The summed E-state index contributed by atoms with van der Waals surface area (Å²) < 4.78 is 31.6. The lowest BCUT2D eigenvalue weighted by Crippen LogP contribution is -2.30. The summed E-state index contributed by atoms with van der Waals surface area (Å²) in [6.07, 6.45) is 3.36. The van der Waals surface area contributed by atoms with Crippen LogP contribution in [-0.2, 0) is 19.6 Å². The minimum Gasteiger partial charge on any atom is -0.448 e. The summed E-state index contributed by atoms with van der Waals surface area (Å²) in [6.45, 7) is 4.21. The zero-order valence-electron chi connectivity index (χ0n) is 16.2. The summed E-state index contributed by atoms with van der Waals surface area (Å²) in [4.78, 5) is 32.3. The van der Waals surface area contributed by atoms with E-state index in [9.17, 15) is 18.0 Å². The van der Waals surface area contributed by atoms with E-state index >= 15 is 0 Å². The van der Waals surface area contributed by atoms with Gasteiger partial charge in [-0.15, -0.1) is 0 Å². The smallest absolute Gasteiger partial charge is 0.359 e. The van der Waals surface area contributed by atoms with Crippen LogP contribution >= 0.6 is 0 Å². The molecule has 1 atom stereocenters. The summed E-state index contributed by atoms with van der Waals surface area (Å²) in [7, 11) is -3.51. The Morgan fingerprint density at radius 1 is 1.10 bits per heavy atom. The van der Waals surface area contributed by atoms with Crippen LogP contribution in [0.25, 0.3) is 0 Å². The molecule has 0 spiro atoms. The number of sulfonamides is 1. The van der Waals surface area contributed by atoms with Crippen LogP contribution in [0.1, 0.15) is 35.9 Å². The SMILES string of the molecule is Cc1cnc(C(=O)O[C@H](C)C(=O)Nc2ccc(S(=O)(=O)N3CCCC3)cc2)cn1. The van der Waals surface area contributed by atoms with Crippen LogP contribution in [0.15, 0.2) is 41.6 Å². The first kappa shape index (κ1) is 20.9. The number of benzene rings is 1. The predicted octanol–water partition coefficient (Wildman–Crippen LogP) is 1.75. The Balaban J connectivity index is 1.59. The van der Waals surface area contributed by atoms with Gasteiger partial charge in [-0.3, -0.25) is 9.78 Å². The van der Waals surface area contributed by atoms with Crippen molar-refractivity contribution >= 4 is 27.6 Å². The van der Waals surface area contributed by atoms with E-state index in [1.54, 1.807) is 6.92 Å². The molecule has 10 heteroatoms. The van der Waals surface area contributed by atoms with Crippen molar-refractivity contribution in [2.45, 2.75) is 37.7 Å². The zero-order valence-corrected chi connectivity index (χ0v) is 17.0. The molecule has 0 bridgehead atoms. The van der Waals surface area contributed by atoms with Crippen molar-refractivity contribution in [3.8, 4) is 0 Å². The fourth-order valence-corrected chi connectivity index (χ4v) is 4.32.